The summed E-state index contributed by atoms with van der Waals surface area (Å²) in [5.74, 6) is 1.26. The summed E-state index contributed by atoms with van der Waals surface area (Å²) in [5.41, 5.74) is 7.93. The largest absolute Gasteiger partial charge is 0.393 e. The summed E-state index contributed by atoms with van der Waals surface area (Å²) in [4.78, 5) is 13.1. The van der Waals surface area contributed by atoms with Gasteiger partial charge in [-0.1, -0.05) is 6.92 Å². The molecule has 134 valence electrons. The maximum absolute atomic E-state index is 13.1. The molecule has 1 aliphatic rings. The van der Waals surface area contributed by atoms with E-state index in [1.54, 1.807) is 6.33 Å². The third-order valence-electron chi connectivity index (χ3n) is 4.63. The van der Waals surface area contributed by atoms with Gasteiger partial charge in [-0.3, -0.25) is 0 Å². The minimum atomic E-state index is -0.211. The number of aromatic nitrogens is 2. The Hall–Kier alpha value is -2.57. The molecule has 7 heteroatoms. The van der Waals surface area contributed by atoms with E-state index in [9.17, 15) is 4.39 Å². The lowest BCUT2D eigenvalue weighted by Gasteiger charge is -2.37. The van der Waals surface area contributed by atoms with Crippen molar-refractivity contribution in [1.82, 2.24) is 9.97 Å². The van der Waals surface area contributed by atoms with Gasteiger partial charge in [0.05, 0.1) is 0 Å². The first-order chi connectivity index (χ1) is 12.1. The van der Waals surface area contributed by atoms with E-state index in [0.29, 0.717) is 17.5 Å². The van der Waals surface area contributed by atoms with Gasteiger partial charge in [-0.15, -0.1) is 0 Å². The van der Waals surface area contributed by atoms with Crippen LogP contribution in [0.1, 0.15) is 20.3 Å². The molecule has 6 nitrogen and oxygen atoms in total. The Balaban J connectivity index is 1.68. The zero-order valence-corrected chi connectivity index (χ0v) is 14.7. The molecule has 0 amide bonds. The highest BCUT2D eigenvalue weighted by Crippen LogP contribution is 2.28. The molecular weight excluding hydrogens is 319 g/mol. The number of rotatable bonds is 5. The molecule has 0 bridgehead atoms. The van der Waals surface area contributed by atoms with Crippen molar-refractivity contribution in [3.63, 3.8) is 0 Å². The number of benzene rings is 1. The molecule has 1 aliphatic heterocycles. The van der Waals surface area contributed by atoms with Crippen LogP contribution in [0.2, 0.25) is 0 Å². The maximum Gasteiger partial charge on any atom is 0.157 e. The molecule has 0 aliphatic carbocycles. The highest BCUT2D eigenvalue weighted by Gasteiger charge is 2.21. The Morgan fingerprint density at radius 1 is 1.12 bits per heavy atom. The number of piperazine rings is 1. The molecule has 1 aromatic carbocycles. The van der Waals surface area contributed by atoms with Gasteiger partial charge in [0.2, 0.25) is 0 Å². The Kier molecular flexibility index (Phi) is 5.21. The number of anilines is 4. The van der Waals surface area contributed by atoms with Crippen LogP contribution in [-0.4, -0.2) is 42.2 Å². The number of nitrogen functional groups attached to an aromatic ring is 1. The molecule has 1 atom stereocenters. The number of hydrogen-bond donors (Lipinski definition) is 2. The zero-order chi connectivity index (χ0) is 17.8. The van der Waals surface area contributed by atoms with Gasteiger partial charge in [-0.2, -0.15) is 0 Å². The molecule has 25 heavy (non-hydrogen) atoms. The third-order valence-corrected chi connectivity index (χ3v) is 4.63. The number of nitrogens with zero attached hydrogens (tertiary/aromatic N) is 4. The van der Waals surface area contributed by atoms with Crippen molar-refractivity contribution >= 4 is 23.0 Å². The fourth-order valence-electron chi connectivity index (χ4n) is 2.92. The van der Waals surface area contributed by atoms with Crippen LogP contribution in [0.5, 0.6) is 0 Å². The fourth-order valence-corrected chi connectivity index (χ4v) is 2.92. The lowest BCUT2D eigenvalue weighted by Crippen LogP contribution is -2.47. The topological polar surface area (TPSA) is 70.3 Å². The van der Waals surface area contributed by atoms with Gasteiger partial charge in [-0.05, 0) is 37.6 Å². The first-order valence-corrected chi connectivity index (χ1v) is 8.71. The Morgan fingerprint density at radius 3 is 2.40 bits per heavy atom. The highest BCUT2D eigenvalue weighted by molar-refractivity contribution is 5.75. The van der Waals surface area contributed by atoms with E-state index in [-0.39, 0.29) is 5.82 Å². The normalized spacial score (nSPS) is 16.0. The molecule has 1 unspecified atom stereocenters. The van der Waals surface area contributed by atoms with E-state index >= 15 is 0 Å². The number of halogens is 1. The first-order valence-electron chi connectivity index (χ1n) is 8.71. The predicted octanol–water partition coefficient (Wildman–Crippen LogP) is 2.73. The molecule has 1 fully saturated rings. The molecule has 0 spiro atoms. The van der Waals surface area contributed by atoms with E-state index in [4.69, 9.17) is 5.73 Å². The SMILES string of the molecule is CCC(C)Nc1ncnc(N2CCN(c3ccc(F)cc3)CC2)c1N. The van der Waals surface area contributed by atoms with Gasteiger partial charge in [0.15, 0.2) is 11.6 Å². The van der Waals surface area contributed by atoms with Gasteiger partial charge >= 0.3 is 0 Å². The summed E-state index contributed by atoms with van der Waals surface area (Å²) in [6.45, 7) is 7.50. The van der Waals surface area contributed by atoms with Crippen LogP contribution in [0.4, 0.5) is 27.4 Å². The molecule has 1 saturated heterocycles. The monoisotopic (exact) mass is 344 g/mol. The second kappa shape index (κ2) is 7.55. The van der Waals surface area contributed by atoms with Gasteiger partial charge in [-0.25, -0.2) is 14.4 Å². The van der Waals surface area contributed by atoms with Crippen LogP contribution >= 0.6 is 0 Å². The number of hydrogen-bond acceptors (Lipinski definition) is 6. The average molecular weight is 344 g/mol. The lowest BCUT2D eigenvalue weighted by molar-refractivity contribution is 0.624. The predicted molar refractivity (Wildman–Crippen MR) is 101 cm³/mol. The van der Waals surface area contributed by atoms with Crippen molar-refractivity contribution in [2.24, 2.45) is 0 Å². The van der Waals surface area contributed by atoms with Crippen LogP contribution in [0, 0.1) is 5.82 Å². The van der Waals surface area contributed by atoms with Gasteiger partial charge in [0.25, 0.3) is 0 Å². The summed E-state index contributed by atoms with van der Waals surface area (Å²) in [7, 11) is 0. The summed E-state index contributed by atoms with van der Waals surface area (Å²) in [6.07, 6.45) is 2.55. The van der Waals surface area contributed by atoms with E-state index in [0.717, 1.165) is 44.1 Å². The Bertz CT molecular complexity index is 697. The van der Waals surface area contributed by atoms with Gasteiger partial charge in [0.1, 0.15) is 17.8 Å². The second-order valence-corrected chi connectivity index (χ2v) is 6.36. The van der Waals surface area contributed by atoms with E-state index in [2.05, 4.69) is 38.9 Å². The van der Waals surface area contributed by atoms with Crippen molar-refractivity contribution in [1.29, 1.82) is 0 Å². The van der Waals surface area contributed by atoms with Crippen LogP contribution in [0.25, 0.3) is 0 Å². The lowest BCUT2D eigenvalue weighted by atomic mass is 10.2. The number of nitrogens with one attached hydrogen (secondary N) is 1. The molecular formula is C18H25FN6. The van der Waals surface area contributed by atoms with Crippen LogP contribution in [0.15, 0.2) is 30.6 Å². The van der Waals surface area contributed by atoms with E-state index < -0.39 is 0 Å². The van der Waals surface area contributed by atoms with Gasteiger partial charge in [0, 0.05) is 37.9 Å². The molecule has 0 saturated carbocycles. The van der Waals surface area contributed by atoms with Crippen molar-refractivity contribution < 1.29 is 4.39 Å². The summed E-state index contributed by atoms with van der Waals surface area (Å²) in [6, 6.07) is 6.94. The Labute approximate surface area is 147 Å². The summed E-state index contributed by atoms with van der Waals surface area (Å²) < 4.78 is 13.1. The molecule has 1 aromatic heterocycles. The summed E-state index contributed by atoms with van der Waals surface area (Å²) in [5, 5.41) is 3.33. The quantitative estimate of drug-likeness (QED) is 0.869. The van der Waals surface area contributed by atoms with Crippen molar-refractivity contribution in [2.75, 3.05) is 47.0 Å². The number of nitrogens with two attached hydrogens (primary N) is 1. The van der Waals surface area contributed by atoms with Crippen molar-refractivity contribution in [3.05, 3.63) is 36.4 Å². The average Bonchev–Trinajstić information content (AvgIpc) is 2.64. The van der Waals surface area contributed by atoms with Crippen LogP contribution < -0.4 is 20.9 Å². The molecule has 3 rings (SSSR count). The fraction of sp³-hybridized carbons (Fsp3) is 0.444. The highest BCUT2D eigenvalue weighted by atomic mass is 19.1. The van der Waals surface area contributed by atoms with Crippen molar-refractivity contribution in [3.8, 4) is 0 Å². The minimum Gasteiger partial charge on any atom is -0.393 e. The minimum absolute atomic E-state index is 0.211. The van der Waals surface area contributed by atoms with Gasteiger partial charge < -0.3 is 20.9 Å². The third kappa shape index (κ3) is 3.92. The Morgan fingerprint density at radius 2 is 1.76 bits per heavy atom. The molecule has 2 aromatic rings. The summed E-state index contributed by atoms with van der Waals surface area (Å²) >= 11 is 0. The van der Waals surface area contributed by atoms with Crippen LogP contribution in [0.3, 0.4) is 0 Å². The zero-order valence-electron chi connectivity index (χ0n) is 14.7. The van der Waals surface area contributed by atoms with Crippen LogP contribution in [-0.2, 0) is 0 Å². The first kappa shape index (κ1) is 17.3. The molecule has 3 N–H and O–H groups in total. The standard InChI is InChI=1S/C18H25FN6/c1-3-13(2)23-17-16(20)18(22-12-21-17)25-10-8-24(9-11-25)15-6-4-14(19)5-7-15/h4-7,12-13H,3,8-11,20H2,1-2H3,(H,21,22,23). The van der Waals surface area contributed by atoms with E-state index in [1.165, 1.54) is 12.1 Å². The smallest absolute Gasteiger partial charge is 0.157 e. The molecule has 2 heterocycles. The maximum atomic E-state index is 13.1. The van der Waals surface area contributed by atoms with Crippen molar-refractivity contribution in [2.45, 2.75) is 26.3 Å². The molecule has 0 radical (unpaired) electrons. The van der Waals surface area contributed by atoms with E-state index in [1.807, 2.05) is 12.1 Å². The second-order valence-electron chi connectivity index (χ2n) is 6.36.